The highest BCUT2D eigenvalue weighted by atomic mass is 32.1. The predicted molar refractivity (Wildman–Crippen MR) is 83.9 cm³/mol. The maximum Gasteiger partial charge on any atom is 0.142 e. The fourth-order valence-corrected chi connectivity index (χ4v) is 3.27. The van der Waals surface area contributed by atoms with Crippen molar-refractivity contribution >= 4 is 11.3 Å². The fourth-order valence-electron chi connectivity index (χ4n) is 2.24. The number of thiazole rings is 1. The van der Waals surface area contributed by atoms with Gasteiger partial charge in [-0.25, -0.2) is 4.98 Å². The van der Waals surface area contributed by atoms with Gasteiger partial charge in [-0.15, -0.1) is 11.3 Å². The second kappa shape index (κ2) is 6.02. The van der Waals surface area contributed by atoms with Crippen molar-refractivity contribution < 1.29 is 0 Å². The van der Waals surface area contributed by atoms with Crippen molar-refractivity contribution in [2.75, 3.05) is 0 Å². The summed E-state index contributed by atoms with van der Waals surface area (Å²) in [4.78, 5) is 10.7. The molecule has 3 nitrogen and oxygen atoms in total. The molecule has 0 aromatic carbocycles. The van der Waals surface area contributed by atoms with Gasteiger partial charge in [-0.05, 0) is 43.9 Å². The Hall–Kier alpha value is -1.26. The first-order chi connectivity index (χ1) is 9.76. The predicted octanol–water partition coefficient (Wildman–Crippen LogP) is 3.72. The van der Waals surface area contributed by atoms with E-state index < -0.39 is 0 Å². The van der Waals surface area contributed by atoms with E-state index in [1.54, 1.807) is 11.3 Å². The molecule has 0 amide bonds. The van der Waals surface area contributed by atoms with Crippen LogP contribution >= 0.6 is 11.3 Å². The van der Waals surface area contributed by atoms with Crippen molar-refractivity contribution in [1.82, 2.24) is 15.3 Å². The number of aryl methyl sites for hydroxylation is 2. The van der Waals surface area contributed by atoms with Crippen molar-refractivity contribution in [3.05, 3.63) is 34.5 Å². The van der Waals surface area contributed by atoms with Crippen LogP contribution in [-0.2, 0) is 13.0 Å². The van der Waals surface area contributed by atoms with E-state index in [1.807, 2.05) is 12.3 Å². The monoisotopic (exact) mass is 287 g/mol. The smallest absolute Gasteiger partial charge is 0.142 e. The summed E-state index contributed by atoms with van der Waals surface area (Å²) in [5, 5.41) is 4.66. The lowest BCUT2D eigenvalue weighted by Gasteiger charge is -2.01. The van der Waals surface area contributed by atoms with E-state index in [0.29, 0.717) is 0 Å². The summed E-state index contributed by atoms with van der Waals surface area (Å²) in [5.74, 6) is 0. The highest BCUT2D eigenvalue weighted by Crippen LogP contribution is 2.29. The van der Waals surface area contributed by atoms with Gasteiger partial charge < -0.3 is 5.32 Å². The Morgan fingerprint density at radius 2 is 2.25 bits per heavy atom. The molecule has 2 heterocycles. The normalized spacial score (nSPS) is 14.7. The minimum Gasteiger partial charge on any atom is -0.309 e. The van der Waals surface area contributed by atoms with Gasteiger partial charge in [0.15, 0.2) is 0 Å². The van der Waals surface area contributed by atoms with E-state index in [0.717, 1.165) is 36.1 Å². The first-order valence-electron chi connectivity index (χ1n) is 7.41. The van der Waals surface area contributed by atoms with Crippen molar-refractivity contribution in [2.24, 2.45) is 0 Å². The van der Waals surface area contributed by atoms with Crippen molar-refractivity contribution in [2.45, 2.75) is 52.1 Å². The van der Waals surface area contributed by atoms with Gasteiger partial charge in [0, 0.05) is 23.7 Å². The van der Waals surface area contributed by atoms with Crippen LogP contribution in [0.1, 0.15) is 42.3 Å². The molecule has 1 saturated carbocycles. The van der Waals surface area contributed by atoms with Gasteiger partial charge >= 0.3 is 0 Å². The summed E-state index contributed by atoms with van der Waals surface area (Å²) < 4.78 is 0. The first-order valence-corrected chi connectivity index (χ1v) is 8.23. The highest BCUT2D eigenvalue weighted by molar-refractivity contribution is 7.15. The highest BCUT2D eigenvalue weighted by Gasteiger charge is 2.21. The molecule has 2 aromatic rings. The third-order valence-corrected chi connectivity index (χ3v) is 4.65. The standard InChI is InChI=1S/C16H21N3S/c1-3-4-13-15(10-18-12-5-6-12)20-16(19-13)14-9-11(2)7-8-17-14/h7-9,12,18H,3-6,10H2,1-2H3. The molecule has 1 fully saturated rings. The van der Waals surface area contributed by atoms with E-state index in [1.165, 1.54) is 29.0 Å². The average molecular weight is 287 g/mol. The molecule has 0 radical (unpaired) electrons. The SMILES string of the molecule is CCCc1nc(-c2cc(C)ccn2)sc1CNC1CC1. The number of nitrogens with zero attached hydrogens (tertiary/aromatic N) is 2. The summed E-state index contributed by atoms with van der Waals surface area (Å²) in [6.07, 6.45) is 6.72. The second-order valence-corrected chi connectivity index (χ2v) is 6.60. The fraction of sp³-hybridized carbons (Fsp3) is 0.500. The molecule has 0 unspecified atom stereocenters. The molecule has 1 N–H and O–H groups in total. The van der Waals surface area contributed by atoms with Crippen LogP contribution in [0.25, 0.3) is 10.7 Å². The van der Waals surface area contributed by atoms with E-state index in [2.05, 4.69) is 30.2 Å². The molecule has 2 aromatic heterocycles. The zero-order valence-electron chi connectivity index (χ0n) is 12.1. The molecule has 0 saturated heterocycles. The molecule has 0 bridgehead atoms. The molecule has 1 aliphatic carbocycles. The summed E-state index contributed by atoms with van der Waals surface area (Å²) in [6, 6.07) is 4.89. The van der Waals surface area contributed by atoms with Crippen molar-refractivity contribution in [1.29, 1.82) is 0 Å². The summed E-state index contributed by atoms with van der Waals surface area (Å²) >= 11 is 1.79. The number of hydrogen-bond acceptors (Lipinski definition) is 4. The van der Waals surface area contributed by atoms with Crippen LogP contribution in [0.4, 0.5) is 0 Å². The molecule has 20 heavy (non-hydrogen) atoms. The third-order valence-electron chi connectivity index (χ3n) is 3.53. The van der Waals surface area contributed by atoms with E-state index in [4.69, 9.17) is 4.98 Å². The Labute approximate surface area is 124 Å². The zero-order valence-corrected chi connectivity index (χ0v) is 13.0. The largest absolute Gasteiger partial charge is 0.309 e. The molecular weight excluding hydrogens is 266 g/mol. The van der Waals surface area contributed by atoms with Crippen LogP contribution in [0, 0.1) is 6.92 Å². The molecule has 4 heteroatoms. The molecular formula is C16H21N3S. The molecule has 106 valence electrons. The molecule has 3 rings (SSSR count). The van der Waals surface area contributed by atoms with Gasteiger partial charge in [-0.1, -0.05) is 13.3 Å². The van der Waals surface area contributed by atoms with Crippen molar-refractivity contribution in [3.8, 4) is 10.7 Å². The average Bonchev–Trinajstić information content (AvgIpc) is 3.18. The van der Waals surface area contributed by atoms with Crippen LogP contribution in [0.3, 0.4) is 0 Å². The van der Waals surface area contributed by atoms with Gasteiger partial charge in [-0.3, -0.25) is 4.98 Å². The van der Waals surface area contributed by atoms with Crippen LogP contribution in [0.5, 0.6) is 0 Å². The topological polar surface area (TPSA) is 37.8 Å². The maximum atomic E-state index is 4.83. The number of hydrogen-bond donors (Lipinski definition) is 1. The molecule has 0 atom stereocenters. The van der Waals surface area contributed by atoms with Gasteiger partial charge in [0.05, 0.1) is 11.4 Å². The van der Waals surface area contributed by atoms with Crippen LogP contribution in [0.2, 0.25) is 0 Å². The molecule has 0 spiro atoms. The van der Waals surface area contributed by atoms with Gasteiger partial charge in [0.1, 0.15) is 5.01 Å². The summed E-state index contributed by atoms with van der Waals surface area (Å²) in [7, 11) is 0. The Kier molecular flexibility index (Phi) is 4.13. The lowest BCUT2D eigenvalue weighted by Crippen LogP contribution is -2.15. The Morgan fingerprint density at radius 3 is 2.95 bits per heavy atom. The third kappa shape index (κ3) is 3.25. The Balaban J connectivity index is 1.84. The van der Waals surface area contributed by atoms with Crippen LogP contribution in [-0.4, -0.2) is 16.0 Å². The first kappa shape index (κ1) is 13.7. The van der Waals surface area contributed by atoms with E-state index in [9.17, 15) is 0 Å². The maximum absolute atomic E-state index is 4.83. The van der Waals surface area contributed by atoms with Gasteiger partial charge in [-0.2, -0.15) is 0 Å². The van der Waals surface area contributed by atoms with Crippen LogP contribution in [0.15, 0.2) is 18.3 Å². The van der Waals surface area contributed by atoms with Crippen molar-refractivity contribution in [3.63, 3.8) is 0 Å². The number of nitrogens with one attached hydrogen (secondary N) is 1. The number of aromatic nitrogens is 2. The lowest BCUT2D eigenvalue weighted by atomic mass is 10.2. The number of rotatable bonds is 6. The summed E-state index contributed by atoms with van der Waals surface area (Å²) in [6.45, 7) is 5.27. The van der Waals surface area contributed by atoms with Gasteiger partial charge in [0.25, 0.3) is 0 Å². The minimum atomic E-state index is 0.743. The Bertz CT molecular complexity index is 587. The Morgan fingerprint density at radius 1 is 1.40 bits per heavy atom. The zero-order chi connectivity index (χ0) is 13.9. The lowest BCUT2D eigenvalue weighted by molar-refractivity contribution is 0.686. The minimum absolute atomic E-state index is 0.743. The van der Waals surface area contributed by atoms with E-state index in [-0.39, 0.29) is 0 Å². The summed E-state index contributed by atoms with van der Waals surface area (Å²) in [5.41, 5.74) is 3.49. The van der Waals surface area contributed by atoms with Gasteiger partial charge in [0.2, 0.25) is 0 Å². The van der Waals surface area contributed by atoms with E-state index >= 15 is 0 Å². The van der Waals surface area contributed by atoms with Crippen LogP contribution < -0.4 is 5.32 Å². The molecule has 1 aliphatic rings. The molecule has 0 aliphatic heterocycles. The second-order valence-electron chi connectivity index (χ2n) is 5.51. The quantitative estimate of drug-likeness (QED) is 0.880. The number of pyridine rings is 1.